The highest BCUT2D eigenvalue weighted by molar-refractivity contribution is 6.18. The summed E-state index contributed by atoms with van der Waals surface area (Å²) in [6.07, 6.45) is 1.84. The van der Waals surface area contributed by atoms with E-state index >= 15 is 0 Å². The van der Waals surface area contributed by atoms with Crippen molar-refractivity contribution in [2.75, 3.05) is 24.4 Å². The molecule has 0 aliphatic rings. The molecule has 2 aromatic rings. The van der Waals surface area contributed by atoms with Crippen LogP contribution in [-0.2, 0) is 0 Å². The molecule has 3 heteroatoms. The molecule has 0 aliphatic heterocycles. The molecule has 0 unspecified atom stereocenters. The first-order chi connectivity index (χ1) is 7.33. The Balaban J connectivity index is 2.50. The monoisotopic (exact) mass is 220 g/mol. The van der Waals surface area contributed by atoms with Crippen molar-refractivity contribution < 1.29 is 0 Å². The van der Waals surface area contributed by atoms with Crippen molar-refractivity contribution in [3.05, 3.63) is 36.5 Å². The van der Waals surface area contributed by atoms with E-state index in [0.29, 0.717) is 5.88 Å². The molecular formula is C12H13ClN2. The second kappa shape index (κ2) is 4.49. The Kier molecular flexibility index (Phi) is 3.07. The van der Waals surface area contributed by atoms with Gasteiger partial charge in [-0.1, -0.05) is 18.2 Å². The minimum absolute atomic E-state index is 0.632. The van der Waals surface area contributed by atoms with E-state index < -0.39 is 0 Å². The van der Waals surface area contributed by atoms with Gasteiger partial charge in [0.25, 0.3) is 0 Å². The molecule has 2 rings (SSSR count). The Morgan fingerprint density at radius 3 is 2.87 bits per heavy atom. The Hall–Kier alpha value is -1.28. The molecule has 0 atom stereocenters. The lowest BCUT2D eigenvalue weighted by atomic mass is 10.2. The first-order valence-corrected chi connectivity index (χ1v) is 5.47. The molecule has 0 saturated heterocycles. The van der Waals surface area contributed by atoms with Crippen molar-refractivity contribution in [2.24, 2.45) is 0 Å². The number of nitrogens with zero attached hydrogens (tertiary/aromatic N) is 2. The van der Waals surface area contributed by atoms with Crippen molar-refractivity contribution in [2.45, 2.75) is 0 Å². The van der Waals surface area contributed by atoms with Gasteiger partial charge in [0.2, 0.25) is 0 Å². The molecule has 0 saturated carbocycles. The summed E-state index contributed by atoms with van der Waals surface area (Å²) in [5, 5.41) is 1.17. The van der Waals surface area contributed by atoms with Crippen LogP contribution in [0.4, 0.5) is 5.69 Å². The summed E-state index contributed by atoms with van der Waals surface area (Å²) in [4.78, 5) is 6.47. The number of rotatable bonds is 3. The molecule has 0 fully saturated rings. The molecule has 0 spiro atoms. The maximum atomic E-state index is 5.74. The molecule has 1 heterocycles. The summed E-state index contributed by atoms with van der Waals surface area (Å²) in [5.41, 5.74) is 2.21. The van der Waals surface area contributed by atoms with E-state index in [4.69, 9.17) is 11.6 Å². The van der Waals surface area contributed by atoms with Gasteiger partial charge in [-0.2, -0.15) is 0 Å². The van der Waals surface area contributed by atoms with Gasteiger partial charge in [0.05, 0.1) is 5.52 Å². The highest BCUT2D eigenvalue weighted by Crippen LogP contribution is 2.23. The van der Waals surface area contributed by atoms with Gasteiger partial charge >= 0.3 is 0 Å². The average Bonchev–Trinajstić information content (AvgIpc) is 2.28. The maximum absolute atomic E-state index is 5.74. The van der Waals surface area contributed by atoms with Crippen molar-refractivity contribution in [3.63, 3.8) is 0 Å². The van der Waals surface area contributed by atoms with E-state index in [1.807, 2.05) is 37.5 Å². The summed E-state index contributed by atoms with van der Waals surface area (Å²) in [6, 6.07) is 10.2. The maximum Gasteiger partial charge on any atom is 0.0722 e. The predicted molar refractivity (Wildman–Crippen MR) is 65.7 cm³/mol. The van der Waals surface area contributed by atoms with E-state index in [1.54, 1.807) is 0 Å². The largest absolute Gasteiger partial charge is 0.373 e. The third-order valence-corrected chi connectivity index (χ3v) is 2.63. The normalized spacial score (nSPS) is 10.5. The van der Waals surface area contributed by atoms with Gasteiger partial charge in [-0.15, -0.1) is 11.6 Å². The molecule has 0 radical (unpaired) electrons. The fourth-order valence-electron chi connectivity index (χ4n) is 1.66. The zero-order valence-electron chi connectivity index (χ0n) is 8.65. The van der Waals surface area contributed by atoms with Crippen molar-refractivity contribution >= 4 is 28.2 Å². The predicted octanol–water partition coefficient (Wildman–Crippen LogP) is 2.91. The Morgan fingerprint density at radius 1 is 1.27 bits per heavy atom. The van der Waals surface area contributed by atoms with Gasteiger partial charge < -0.3 is 4.90 Å². The van der Waals surface area contributed by atoms with E-state index in [1.165, 1.54) is 11.1 Å². The van der Waals surface area contributed by atoms with Gasteiger partial charge in [0, 0.05) is 36.7 Å². The molecule has 1 aromatic heterocycles. The van der Waals surface area contributed by atoms with Crippen LogP contribution < -0.4 is 4.90 Å². The fraction of sp³-hybridized carbons (Fsp3) is 0.250. The first kappa shape index (κ1) is 10.2. The van der Waals surface area contributed by atoms with E-state index in [-0.39, 0.29) is 0 Å². The molecule has 78 valence electrons. The Morgan fingerprint density at radius 2 is 2.07 bits per heavy atom. The number of hydrogen-bond donors (Lipinski definition) is 0. The molecule has 15 heavy (non-hydrogen) atoms. The van der Waals surface area contributed by atoms with Crippen LogP contribution in [0.15, 0.2) is 36.5 Å². The van der Waals surface area contributed by atoms with Crippen molar-refractivity contribution in [3.8, 4) is 0 Å². The van der Waals surface area contributed by atoms with Crippen LogP contribution in [0.2, 0.25) is 0 Å². The van der Waals surface area contributed by atoms with Crippen LogP contribution in [0.25, 0.3) is 10.9 Å². The third kappa shape index (κ3) is 2.05. The third-order valence-electron chi connectivity index (χ3n) is 2.46. The van der Waals surface area contributed by atoms with E-state index in [0.717, 1.165) is 12.1 Å². The molecule has 1 aromatic carbocycles. The zero-order chi connectivity index (χ0) is 10.7. The van der Waals surface area contributed by atoms with Gasteiger partial charge in [-0.3, -0.25) is 4.98 Å². The van der Waals surface area contributed by atoms with Crippen molar-refractivity contribution in [1.82, 2.24) is 4.98 Å². The van der Waals surface area contributed by atoms with Crippen LogP contribution in [0.1, 0.15) is 0 Å². The molecule has 2 nitrogen and oxygen atoms in total. The van der Waals surface area contributed by atoms with Crippen molar-refractivity contribution in [1.29, 1.82) is 0 Å². The number of benzene rings is 1. The zero-order valence-corrected chi connectivity index (χ0v) is 9.41. The first-order valence-electron chi connectivity index (χ1n) is 4.94. The van der Waals surface area contributed by atoms with Gasteiger partial charge in [-0.25, -0.2) is 0 Å². The quantitative estimate of drug-likeness (QED) is 0.740. The lowest BCUT2D eigenvalue weighted by Gasteiger charge is -2.19. The average molecular weight is 221 g/mol. The highest BCUT2D eigenvalue weighted by Gasteiger charge is 2.04. The van der Waals surface area contributed by atoms with E-state index in [2.05, 4.69) is 16.0 Å². The van der Waals surface area contributed by atoms with Crippen LogP contribution in [0, 0.1) is 0 Å². The number of fused-ring (bicyclic) bond motifs is 1. The second-order valence-electron chi connectivity index (χ2n) is 3.46. The Labute approximate surface area is 94.5 Å². The van der Waals surface area contributed by atoms with Crippen LogP contribution in [0.5, 0.6) is 0 Å². The molecule has 0 amide bonds. The Bertz CT molecular complexity index is 451. The smallest absolute Gasteiger partial charge is 0.0722 e. The summed E-state index contributed by atoms with van der Waals surface area (Å²) in [6.45, 7) is 0.843. The number of pyridine rings is 1. The SMILES string of the molecule is CN(CCCl)c1ccnc2ccccc12. The van der Waals surface area contributed by atoms with Crippen LogP contribution in [-0.4, -0.2) is 24.5 Å². The van der Waals surface area contributed by atoms with Gasteiger partial charge in [0.1, 0.15) is 0 Å². The highest BCUT2D eigenvalue weighted by atomic mass is 35.5. The molecular weight excluding hydrogens is 208 g/mol. The van der Waals surface area contributed by atoms with Gasteiger partial charge in [0.15, 0.2) is 0 Å². The number of alkyl halides is 1. The fourth-order valence-corrected chi connectivity index (χ4v) is 1.91. The lowest BCUT2D eigenvalue weighted by molar-refractivity contribution is 0.978. The van der Waals surface area contributed by atoms with E-state index in [9.17, 15) is 0 Å². The van der Waals surface area contributed by atoms with Crippen LogP contribution in [0.3, 0.4) is 0 Å². The minimum atomic E-state index is 0.632. The molecule has 0 aliphatic carbocycles. The lowest BCUT2D eigenvalue weighted by Crippen LogP contribution is -2.19. The number of hydrogen-bond acceptors (Lipinski definition) is 2. The molecule has 0 bridgehead atoms. The number of anilines is 1. The number of para-hydroxylation sites is 1. The minimum Gasteiger partial charge on any atom is -0.373 e. The summed E-state index contributed by atoms with van der Waals surface area (Å²) in [7, 11) is 2.05. The second-order valence-corrected chi connectivity index (χ2v) is 3.84. The van der Waals surface area contributed by atoms with Gasteiger partial charge in [-0.05, 0) is 12.1 Å². The number of halogens is 1. The summed E-state index contributed by atoms with van der Waals surface area (Å²) < 4.78 is 0. The summed E-state index contributed by atoms with van der Waals surface area (Å²) >= 11 is 5.74. The number of aromatic nitrogens is 1. The standard InChI is InChI=1S/C12H13ClN2/c1-15(9-7-13)12-6-8-14-11-5-3-2-4-10(11)12/h2-6,8H,7,9H2,1H3. The van der Waals surface area contributed by atoms with Crippen LogP contribution >= 0.6 is 11.6 Å². The topological polar surface area (TPSA) is 16.1 Å². The summed E-state index contributed by atoms with van der Waals surface area (Å²) in [5.74, 6) is 0.632. The molecule has 0 N–H and O–H groups in total.